The van der Waals surface area contributed by atoms with Crippen molar-refractivity contribution in [2.75, 3.05) is 6.61 Å². The maximum atomic E-state index is 13.9. The molecule has 1 saturated heterocycles. The molecular weight excluding hydrogens is 631 g/mol. The largest absolute Gasteiger partial charge is 0.459 e. The third-order valence-electron chi connectivity index (χ3n) is 9.15. The molecule has 0 aromatic carbocycles. The van der Waals surface area contributed by atoms with Gasteiger partial charge in [-0.05, 0) is 30.4 Å². The molecule has 0 aromatic rings. The number of ether oxygens (including phenoxy) is 2. The van der Waals surface area contributed by atoms with Crippen LogP contribution in [-0.4, -0.2) is 74.4 Å². The third kappa shape index (κ3) is 3.15. The number of carbonyl (C=O) groups is 2. The van der Waals surface area contributed by atoms with Crippen molar-refractivity contribution >= 4 is 11.8 Å². The van der Waals surface area contributed by atoms with E-state index in [1.807, 2.05) is 6.92 Å². The summed E-state index contributed by atoms with van der Waals surface area (Å²) in [5.74, 6) is -2.50. The number of fused-ring (bicyclic) bond motifs is 5. The predicted molar refractivity (Wildman–Crippen MR) is 109 cm³/mol. The van der Waals surface area contributed by atoms with E-state index in [2.05, 4.69) is 0 Å². The SMILES string of the molecule is CC(=O)OC1[C@@H]2[C@]3(O)CO[C@@H]3C[C@H](C)[C@@]2(C)C(=O)[C@H](O)C2=C(C)[C@@H](O)C[C@]1(O)C2(C)C.[Ac]. The Hall–Kier alpha value is 0.122. The molecule has 32 heavy (non-hydrogen) atoms. The minimum atomic E-state index is -1.84. The number of esters is 1. The van der Waals surface area contributed by atoms with Crippen molar-refractivity contribution in [3.8, 4) is 0 Å². The van der Waals surface area contributed by atoms with E-state index in [-0.39, 0.29) is 68.6 Å². The van der Waals surface area contributed by atoms with E-state index in [9.17, 15) is 30.0 Å². The Balaban J connectivity index is 0.00000289. The average molecular weight is 666 g/mol. The fraction of sp³-hybridized carbons (Fsp3) is 0.826. The molecule has 1 heterocycles. The Morgan fingerprint density at radius 3 is 2.28 bits per heavy atom. The molecule has 9 atom stereocenters. The number of ketones is 1. The van der Waals surface area contributed by atoms with Crippen molar-refractivity contribution in [1.82, 2.24) is 0 Å². The first kappa shape index (κ1) is 26.7. The molecule has 4 rings (SSSR count). The molecule has 177 valence electrons. The minimum absolute atomic E-state index is 0. The molecule has 4 N–H and O–H groups in total. The molecular formula is C23H34AcO8. The van der Waals surface area contributed by atoms with Gasteiger partial charge in [0.25, 0.3) is 0 Å². The molecule has 0 amide bonds. The summed E-state index contributed by atoms with van der Waals surface area (Å²) in [6.45, 7) is 9.69. The van der Waals surface area contributed by atoms with Crippen molar-refractivity contribution < 1.29 is 83.6 Å². The summed E-state index contributed by atoms with van der Waals surface area (Å²) in [5, 5.41) is 46.0. The van der Waals surface area contributed by atoms with Crippen LogP contribution in [0.25, 0.3) is 0 Å². The van der Waals surface area contributed by atoms with Crippen LogP contribution in [0.3, 0.4) is 0 Å². The van der Waals surface area contributed by atoms with Crippen LogP contribution in [0.1, 0.15) is 54.4 Å². The smallest absolute Gasteiger partial charge is 0.303 e. The maximum absolute atomic E-state index is 13.9. The van der Waals surface area contributed by atoms with E-state index < -0.39 is 64.1 Å². The van der Waals surface area contributed by atoms with Gasteiger partial charge >= 0.3 is 5.97 Å². The van der Waals surface area contributed by atoms with Gasteiger partial charge in [0.05, 0.1) is 18.8 Å². The normalized spacial score (nSPS) is 49.5. The summed E-state index contributed by atoms with van der Waals surface area (Å²) in [4.78, 5) is 26.2. The van der Waals surface area contributed by atoms with E-state index in [1.165, 1.54) is 6.92 Å². The van der Waals surface area contributed by atoms with Gasteiger partial charge in [-0.2, -0.15) is 0 Å². The van der Waals surface area contributed by atoms with Crippen LogP contribution in [0.5, 0.6) is 0 Å². The second-order valence-electron chi connectivity index (χ2n) is 10.9. The van der Waals surface area contributed by atoms with Gasteiger partial charge in [0.15, 0.2) is 5.78 Å². The first-order chi connectivity index (χ1) is 14.1. The van der Waals surface area contributed by atoms with Crippen molar-refractivity contribution in [2.45, 2.75) is 90.0 Å². The number of rotatable bonds is 1. The number of carbonyl (C=O) groups excluding carboxylic acids is 2. The first-order valence-corrected chi connectivity index (χ1v) is 11.0. The van der Waals surface area contributed by atoms with Crippen LogP contribution in [0.15, 0.2) is 11.1 Å². The van der Waals surface area contributed by atoms with Crippen molar-refractivity contribution in [3.63, 3.8) is 0 Å². The Bertz CT molecular complexity index is 870. The monoisotopic (exact) mass is 665 g/mol. The molecule has 1 radical (unpaired) electrons. The number of aliphatic hydroxyl groups is 4. The minimum Gasteiger partial charge on any atom is -0.459 e. The molecule has 4 aliphatic rings. The zero-order valence-electron chi connectivity index (χ0n) is 19.6. The van der Waals surface area contributed by atoms with Gasteiger partial charge in [0, 0.05) is 74.2 Å². The Morgan fingerprint density at radius 2 is 1.78 bits per heavy atom. The van der Waals surface area contributed by atoms with Gasteiger partial charge in [-0.1, -0.05) is 27.7 Å². The average Bonchev–Trinajstić information content (AvgIpc) is 2.66. The van der Waals surface area contributed by atoms with E-state index in [0.29, 0.717) is 12.0 Å². The molecule has 8 nitrogen and oxygen atoms in total. The topological polar surface area (TPSA) is 134 Å². The standard InChI is InChI=1S/C23H34O8.Ac/c1-10-7-14-22(28,9-30-14)17-19(31-12(3)24)23(29)8-13(25)11(2)15(20(23,4)5)16(26)18(27)21(10,17)6;/h10,13-14,16-17,19,25-26,28-29H,7-9H2,1-6H3;/t10-,13-,14+,16+,17-,19?,21+,22-,23+;/m0./s1. The predicted octanol–water partition coefficient (Wildman–Crippen LogP) is 0.492. The molecule has 3 aliphatic carbocycles. The first-order valence-electron chi connectivity index (χ1n) is 11.0. The summed E-state index contributed by atoms with van der Waals surface area (Å²) < 4.78 is 11.4. The maximum Gasteiger partial charge on any atom is 0.303 e. The molecule has 0 spiro atoms. The summed E-state index contributed by atoms with van der Waals surface area (Å²) in [7, 11) is 0. The second-order valence-corrected chi connectivity index (χ2v) is 10.9. The number of hydrogen-bond acceptors (Lipinski definition) is 8. The van der Waals surface area contributed by atoms with Crippen molar-refractivity contribution in [2.24, 2.45) is 22.7 Å². The molecule has 9 heteroatoms. The Labute approximate surface area is 224 Å². The van der Waals surface area contributed by atoms with Crippen LogP contribution < -0.4 is 0 Å². The van der Waals surface area contributed by atoms with Gasteiger partial charge in [-0.3, -0.25) is 9.59 Å². The molecule has 3 fully saturated rings. The van der Waals surface area contributed by atoms with Gasteiger partial charge in [-0.25, -0.2) is 0 Å². The zero-order chi connectivity index (χ0) is 23.3. The molecule has 2 bridgehead atoms. The molecule has 1 aliphatic heterocycles. The third-order valence-corrected chi connectivity index (χ3v) is 9.15. The van der Waals surface area contributed by atoms with Crippen LogP contribution in [0, 0.1) is 66.7 Å². The molecule has 2 saturated carbocycles. The van der Waals surface area contributed by atoms with Gasteiger partial charge in [-0.15, -0.1) is 0 Å². The second kappa shape index (κ2) is 8.08. The van der Waals surface area contributed by atoms with Crippen LogP contribution >= 0.6 is 0 Å². The fourth-order valence-corrected chi connectivity index (χ4v) is 6.98. The van der Waals surface area contributed by atoms with Gasteiger partial charge in [0.1, 0.15) is 23.4 Å². The molecule has 1 unspecified atom stereocenters. The van der Waals surface area contributed by atoms with Crippen molar-refractivity contribution in [3.05, 3.63) is 11.1 Å². The van der Waals surface area contributed by atoms with Gasteiger partial charge in [0.2, 0.25) is 0 Å². The zero-order valence-corrected chi connectivity index (χ0v) is 24.3. The number of aliphatic hydroxyl groups excluding tert-OH is 2. The Kier molecular flexibility index (Phi) is 6.75. The van der Waals surface area contributed by atoms with E-state index in [4.69, 9.17) is 9.47 Å². The summed E-state index contributed by atoms with van der Waals surface area (Å²) in [6, 6.07) is 0. The summed E-state index contributed by atoms with van der Waals surface area (Å²) in [6.07, 6.45) is -4.32. The molecule has 0 aromatic heterocycles. The Morgan fingerprint density at radius 1 is 1.19 bits per heavy atom. The van der Waals surface area contributed by atoms with Crippen molar-refractivity contribution in [1.29, 1.82) is 0 Å². The summed E-state index contributed by atoms with van der Waals surface area (Å²) in [5.41, 5.74) is -5.18. The van der Waals surface area contributed by atoms with Crippen LogP contribution in [-0.2, 0) is 19.1 Å². The number of hydrogen-bond donors (Lipinski definition) is 4. The number of Topliss-reactive ketones (excluding diaryl/α,β-unsaturated/α-hetero) is 1. The summed E-state index contributed by atoms with van der Waals surface area (Å²) >= 11 is 0. The quantitative estimate of drug-likeness (QED) is 0.235. The van der Waals surface area contributed by atoms with E-state index in [1.54, 1.807) is 27.7 Å². The van der Waals surface area contributed by atoms with E-state index in [0.717, 1.165) is 0 Å². The van der Waals surface area contributed by atoms with Gasteiger partial charge < -0.3 is 29.9 Å². The van der Waals surface area contributed by atoms with Crippen LogP contribution in [0.4, 0.5) is 0 Å². The van der Waals surface area contributed by atoms with E-state index >= 15 is 0 Å². The van der Waals surface area contributed by atoms with Crippen LogP contribution in [0.2, 0.25) is 0 Å². The fourth-order valence-electron chi connectivity index (χ4n) is 6.98.